The fourth-order valence-electron chi connectivity index (χ4n) is 5.33. The SMILES string of the molecule is [Ni+2].c1ccc2c(c1)-c1nc-2nc2[n-]c(nc3[n-]c(nc4nc(n1)-c1ncccc1-4)c1ccccc31)c1ccccc21. The van der Waals surface area contributed by atoms with E-state index in [1.807, 2.05) is 84.9 Å². The van der Waals surface area contributed by atoms with Gasteiger partial charge in [-0.15, -0.1) is 0 Å². The summed E-state index contributed by atoms with van der Waals surface area (Å²) in [7, 11) is 0. The summed E-state index contributed by atoms with van der Waals surface area (Å²) in [4.78, 5) is 43.6. The number of aromatic nitrogens is 9. The summed E-state index contributed by atoms with van der Waals surface area (Å²) in [6.45, 7) is 0. The predicted molar refractivity (Wildman–Crippen MR) is 152 cm³/mol. The van der Waals surface area contributed by atoms with Crippen molar-refractivity contribution < 1.29 is 16.5 Å². The molecule has 10 heteroatoms. The van der Waals surface area contributed by atoms with Gasteiger partial charge in [-0.2, -0.15) is 0 Å². The van der Waals surface area contributed by atoms with Crippen LogP contribution in [0.1, 0.15) is 0 Å². The molecule has 0 saturated carbocycles. The first kappa shape index (κ1) is 23.5. The van der Waals surface area contributed by atoms with Crippen LogP contribution in [0, 0.1) is 0 Å². The van der Waals surface area contributed by atoms with E-state index in [1.165, 1.54) is 0 Å². The first-order valence-electron chi connectivity index (χ1n) is 12.7. The molecule has 0 radical (unpaired) electrons. The van der Waals surface area contributed by atoms with Gasteiger partial charge in [0.2, 0.25) is 0 Å². The van der Waals surface area contributed by atoms with Crippen LogP contribution in [0.4, 0.5) is 0 Å². The summed E-state index contributed by atoms with van der Waals surface area (Å²) in [6.07, 6.45) is 1.73. The van der Waals surface area contributed by atoms with Crippen molar-refractivity contribution in [2.75, 3.05) is 0 Å². The van der Waals surface area contributed by atoms with Gasteiger partial charge in [-0.3, -0.25) is 4.98 Å². The van der Waals surface area contributed by atoms with Gasteiger partial charge in [0.25, 0.3) is 0 Å². The first-order chi connectivity index (χ1) is 19.8. The van der Waals surface area contributed by atoms with Crippen molar-refractivity contribution in [3.63, 3.8) is 0 Å². The zero-order chi connectivity index (χ0) is 26.2. The van der Waals surface area contributed by atoms with E-state index in [1.54, 1.807) is 6.20 Å². The van der Waals surface area contributed by atoms with Gasteiger partial charge in [-0.1, -0.05) is 72.8 Å². The largest absolute Gasteiger partial charge is 2.00 e. The second-order valence-electron chi connectivity index (χ2n) is 9.52. The molecule has 2 aliphatic heterocycles. The van der Waals surface area contributed by atoms with Gasteiger partial charge in [0.1, 0.15) is 5.69 Å². The third kappa shape index (κ3) is 3.51. The van der Waals surface area contributed by atoms with E-state index < -0.39 is 0 Å². The Morgan fingerprint density at radius 3 is 1.37 bits per heavy atom. The molecule has 0 unspecified atom stereocenters. The normalized spacial score (nSPS) is 11.7. The fourth-order valence-corrected chi connectivity index (χ4v) is 5.33. The van der Waals surface area contributed by atoms with E-state index in [-0.39, 0.29) is 16.5 Å². The molecule has 0 amide bonds. The van der Waals surface area contributed by atoms with Gasteiger partial charge in [0.05, 0.1) is 11.6 Å². The third-order valence-electron chi connectivity index (χ3n) is 7.18. The molecule has 0 aliphatic carbocycles. The standard InChI is InChI=1S/C31H15N9.Ni/c1-2-9-17-16(8-1)24-33-25(17)35-27-20-12-5-6-13-21(20)29(37-27)39-31-23-22(14-7-15-32-23)30(40-31)38-28-19-11-4-3-10-18(19)26(34-24)36-28;/h1-15H;/q-2;+2. The van der Waals surface area contributed by atoms with Crippen LogP contribution in [0.3, 0.4) is 0 Å². The first-order valence-corrected chi connectivity index (χ1v) is 12.7. The van der Waals surface area contributed by atoms with E-state index in [0.717, 1.165) is 38.2 Å². The molecule has 0 saturated heterocycles. The van der Waals surface area contributed by atoms with Crippen LogP contribution in [0.15, 0.2) is 91.1 Å². The van der Waals surface area contributed by atoms with Crippen molar-refractivity contribution in [3.8, 4) is 45.7 Å². The second kappa shape index (κ2) is 8.84. The summed E-state index contributed by atoms with van der Waals surface area (Å²) < 4.78 is 0. The average molecular weight is 572 g/mol. The maximum Gasteiger partial charge on any atom is 2.00 e. The minimum absolute atomic E-state index is 0. The maximum atomic E-state index is 4.94. The van der Waals surface area contributed by atoms with Crippen molar-refractivity contribution in [2.45, 2.75) is 0 Å². The van der Waals surface area contributed by atoms with Crippen LogP contribution in [-0.4, -0.2) is 34.9 Å². The van der Waals surface area contributed by atoms with Gasteiger partial charge in [-0.25, -0.2) is 15.0 Å². The molecular weight excluding hydrogens is 557 g/mol. The van der Waals surface area contributed by atoms with Crippen molar-refractivity contribution in [2.24, 2.45) is 0 Å². The number of rotatable bonds is 0. The van der Waals surface area contributed by atoms with Crippen LogP contribution in [0.2, 0.25) is 0 Å². The molecule has 6 heterocycles. The Kier molecular flexibility index (Phi) is 5.08. The molecule has 0 spiro atoms. The van der Waals surface area contributed by atoms with Crippen molar-refractivity contribution >= 4 is 44.1 Å². The predicted octanol–water partition coefficient (Wildman–Crippen LogP) is 5.52. The zero-order valence-electron chi connectivity index (χ0n) is 21.0. The molecule has 9 rings (SSSR count). The summed E-state index contributed by atoms with van der Waals surface area (Å²) >= 11 is 0. The summed E-state index contributed by atoms with van der Waals surface area (Å²) in [5.74, 6) is 1.97. The Morgan fingerprint density at radius 1 is 0.390 bits per heavy atom. The number of hydrogen-bond acceptors (Lipinski definition) is 7. The molecule has 0 fully saturated rings. The number of fused-ring (bicyclic) bond motifs is 20. The van der Waals surface area contributed by atoms with E-state index in [2.05, 4.69) is 4.98 Å². The minimum atomic E-state index is 0. The Bertz CT molecular complexity index is 2190. The van der Waals surface area contributed by atoms with E-state index in [9.17, 15) is 0 Å². The molecule has 0 atom stereocenters. The third-order valence-corrected chi connectivity index (χ3v) is 7.18. The van der Waals surface area contributed by atoms with Gasteiger partial charge in [-0.05, 0) is 33.7 Å². The van der Waals surface area contributed by atoms with Gasteiger partial charge in [0.15, 0.2) is 11.6 Å². The van der Waals surface area contributed by atoms with Crippen LogP contribution in [0.5, 0.6) is 0 Å². The molecule has 41 heavy (non-hydrogen) atoms. The molecule has 8 bridgehead atoms. The van der Waals surface area contributed by atoms with Crippen molar-refractivity contribution in [1.82, 2.24) is 44.9 Å². The molecular formula is C31H15N9Ni. The summed E-state index contributed by atoms with van der Waals surface area (Å²) in [5.41, 5.74) is 5.31. The molecule has 0 N–H and O–H groups in total. The molecule has 194 valence electrons. The van der Waals surface area contributed by atoms with Crippen molar-refractivity contribution in [3.05, 3.63) is 91.1 Å². The molecule has 3 aromatic carbocycles. The number of hydrogen-bond donors (Lipinski definition) is 0. The Hall–Kier alpha value is -5.34. The molecule has 2 aliphatic rings. The van der Waals surface area contributed by atoms with Crippen LogP contribution >= 0.6 is 0 Å². The molecule has 9 nitrogen and oxygen atoms in total. The molecule has 7 aromatic rings. The van der Waals surface area contributed by atoms with Gasteiger partial charge >= 0.3 is 16.5 Å². The Labute approximate surface area is 241 Å². The Morgan fingerprint density at radius 2 is 0.805 bits per heavy atom. The molecule has 4 aromatic heterocycles. The summed E-state index contributed by atoms with van der Waals surface area (Å²) in [6, 6.07) is 27.5. The monoisotopic (exact) mass is 571 g/mol. The van der Waals surface area contributed by atoms with Gasteiger partial charge in [0, 0.05) is 45.5 Å². The minimum Gasteiger partial charge on any atom is -0.357 e. The van der Waals surface area contributed by atoms with Crippen LogP contribution in [0.25, 0.3) is 89.8 Å². The van der Waals surface area contributed by atoms with Crippen molar-refractivity contribution in [1.29, 1.82) is 0 Å². The fraction of sp³-hybridized carbons (Fsp3) is 0. The number of pyridine rings is 1. The van der Waals surface area contributed by atoms with Crippen LogP contribution in [-0.2, 0) is 16.5 Å². The number of benzene rings is 3. The topological polar surface area (TPSA) is 118 Å². The van der Waals surface area contributed by atoms with E-state index >= 15 is 0 Å². The number of nitrogens with zero attached hydrogens (tertiary/aromatic N) is 9. The summed E-state index contributed by atoms with van der Waals surface area (Å²) in [5, 5.41) is 3.52. The van der Waals surface area contributed by atoms with E-state index in [4.69, 9.17) is 39.9 Å². The Balaban J connectivity index is 0.00000256. The van der Waals surface area contributed by atoms with Crippen LogP contribution < -0.4 is 9.97 Å². The zero-order valence-corrected chi connectivity index (χ0v) is 22.0. The van der Waals surface area contributed by atoms with E-state index in [0.29, 0.717) is 51.6 Å². The van der Waals surface area contributed by atoms with Gasteiger partial charge < -0.3 is 24.9 Å². The quantitative estimate of drug-likeness (QED) is 0.217. The second-order valence-corrected chi connectivity index (χ2v) is 9.52. The maximum absolute atomic E-state index is 4.94. The average Bonchev–Trinajstić information content (AvgIpc) is 3.73. The smallest absolute Gasteiger partial charge is 0.357 e.